The molecule has 0 unspecified atom stereocenters. The minimum Gasteiger partial charge on any atom is -0.365 e. The first kappa shape index (κ1) is 17.6. The van der Waals surface area contributed by atoms with Crippen LogP contribution in [0.1, 0.15) is 43.3 Å². The number of sulfonamides is 1. The molecule has 118 valence electrons. The predicted octanol–water partition coefficient (Wildman–Crippen LogP) is 1.72. The van der Waals surface area contributed by atoms with Gasteiger partial charge in [-0.05, 0) is 29.7 Å². The fraction of sp³-hybridized carbons (Fsp3) is 0.538. The summed E-state index contributed by atoms with van der Waals surface area (Å²) in [5.41, 5.74) is 5.12. The lowest BCUT2D eigenvalue weighted by Gasteiger charge is -2.13. The van der Waals surface area contributed by atoms with Gasteiger partial charge in [-0.1, -0.05) is 20.8 Å². The topological polar surface area (TPSA) is 106 Å². The Morgan fingerprint density at radius 1 is 1.33 bits per heavy atom. The second kappa shape index (κ2) is 7.04. The molecule has 1 heterocycles. The fourth-order valence-corrected chi connectivity index (χ4v) is 4.42. The maximum Gasteiger partial charge on any atom is 0.265 e. The van der Waals surface area contributed by atoms with Crippen molar-refractivity contribution in [2.24, 2.45) is 17.6 Å². The van der Waals surface area contributed by atoms with Gasteiger partial charge in [-0.25, -0.2) is 13.1 Å². The smallest absolute Gasteiger partial charge is 0.265 e. The molecule has 1 aromatic rings. The number of primary amides is 1. The molecule has 0 spiro atoms. The van der Waals surface area contributed by atoms with Crippen LogP contribution in [0, 0.1) is 11.8 Å². The van der Waals surface area contributed by atoms with Gasteiger partial charge in [0.05, 0.1) is 0 Å². The Labute approximate surface area is 128 Å². The maximum absolute atomic E-state index is 12.1. The van der Waals surface area contributed by atoms with Crippen LogP contribution in [0.15, 0.2) is 16.3 Å². The van der Waals surface area contributed by atoms with E-state index in [0.29, 0.717) is 5.92 Å². The fourth-order valence-electron chi connectivity index (χ4n) is 2.14. The summed E-state index contributed by atoms with van der Waals surface area (Å²) < 4.78 is 26.2. The standard InChI is InChI=1S/C13H20N2O4S2/c1-8(2)6-9(3)7-11(16)15-21(18,19)10-4-5-20-12(10)13(14)17/h4-5,8-9H,6-7H2,1-3H3,(H2,14,17)(H,15,16)/t9-/m0/s1. The molecule has 0 aromatic carbocycles. The number of hydrogen-bond acceptors (Lipinski definition) is 5. The molecular weight excluding hydrogens is 312 g/mol. The minimum absolute atomic E-state index is 0.0782. The van der Waals surface area contributed by atoms with Crippen molar-refractivity contribution >= 4 is 33.2 Å². The van der Waals surface area contributed by atoms with Crippen molar-refractivity contribution in [2.75, 3.05) is 0 Å². The highest BCUT2D eigenvalue weighted by Crippen LogP contribution is 2.21. The SMILES string of the molecule is CC(C)C[C@H](C)CC(=O)NS(=O)(=O)c1ccsc1C(N)=O. The van der Waals surface area contributed by atoms with E-state index in [9.17, 15) is 18.0 Å². The van der Waals surface area contributed by atoms with E-state index in [0.717, 1.165) is 17.8 Å². The number of hydrogen-bond donors (Lipinski definition) is 2. The van der Waals surface area contributed by atoms with Crippen molar-refractivity contribution < 1.29 is 18.0 Å². The van der Waals surface area contributed by atoms with Crippen LogP contribution in [0.25, 0.3) is 0 Å². The number of nitrogens with one attached hydrogen (secondary N) is 1. The van der Waals surface area contributed by atoms with E-state index in [1.165, 1.54) is 11.4 Å². The van der Waals surface area contributed by atoms with Gasteiger partial charge < -0.3 is 5.73 Å². The number of amides is 2. The summed E-state index contributed by atoms with van der Waals surface area (Å²) in [6, 6.07) is 1.26. The van der Waals surface area contributed by atoms with E-state index in [1.807, 2.05) is 25.5 Å². The average molecular weight is 332 g/mol. The van der Waals surface area contributed by atoms with Crippen molar-refractivity contribution in [3.05, 3.63) is 16.3 Å². The van der Waals surface area contributed by atoms with E-state index in [2.05, 4.69) is 0 Å². The quantitative estimate of drug-likeness (QED) is 0.793. The molecule has 0 aliphatic rings. The molecule has 0 saturated carbocycles. The molecule has 0 aliphatic carbocycles. The highest BCUT2D eigenvalue weighted by molar-refractivity contribution is 7.90. The summed E-state index contributed by atoms with van der Waals surface area (Å²) in [4.78, 5) is 22.7. The van der Waals surface area contributed by atoms with E-state index >= 15 is 0 Å². The Bertz CT molecular complexity index is 620. The highest BCUT2D eigenvalue weighted by Gasteiger charge is 2.25. The van der Waals surface area contributed by atoms with Crippen LogP contribution < -0.4 is 10.5 Å². The van der Waals surface area contributed by atoms with Crippen LogP contribution in [-0.2, 0) is 14.8 Å². The minimum atomic E-state index is -4.06. The Morgan fingerprint density at radius 3 is 2.48 bits per heavy atom. The van der Waals surface area contributed by atoms with Gasteiger partial charge in [0.1, 0.15) is 9.77 Å². The van der Waals surface area contributed by atoms with Gasteiger partial charge in [0.15, 0.2) is 0 Å². The van der Waals surface area contributed by atoms with Crippen molar-refractivity contribution in [3.63, 3.8) is 0 Å². The lowest BCUT2D eigenvalue weighted by molar-refractivity contribution is -0.120. The predicted molar refractivity (Wildman–Crippen MR) is 81.4 cm³/mol. The van der Waals surface area contributed by atoms with Gasteiger partial charge in [-0.2, -0.15) is 0 Å². The first-order valence-electron chi connectivity index (χ1n) is 6.56. The van der Waals surface area contributed by atoms with E-state index in [1.54, 1.807) is 0 Å². The molecule has 0 aliphatic heterocycles. The van der Waals surface area contributed by atoms with Crippen LogP contribution in [0.2, 0.25) is 0 Å². The molecule has 1 aromatic heterocycles. The third kappa shape index (κ3) is 5.13. The monoisotopic (exact) mass is 332 g/mol. The van der Waals surface area contributed by atoms with Gasteiger partial charge in [0, 0.05) is 6.42 Å². The van der Waals surface area contributed by atoms with E-state index < -0.39 is 21.8 Å². The Morgan fingerprint density at radius 2 is 1.95 bits per heavy atom. The van der Waals surface area contributed by atoms with Crippen molar-refractivity contribution in [1.82, 2.24) is 4.72 Å². The van der Waals surface area contributed by atoms with Gasteiger partial charge in [-0.3, -0.25) is 9.59 Å². The summed E-state index contributed by atoms with van der Waals surface area (Å²) in [5.74, 6) is -0.892. The number of thiophene rings is 1. The van der Waals surface area contributed by atoms with Crippen molar-refractivity contribution in [3.8, 4) is 0 Å². The van der Waals surface area contributed by atoms with E-state index in [-0.39, 0.29) is 22.1 Å². The van der Waals surface area contributed by atoms with Crippen LogP contribution in [-0.4, -0.2) is 20.2 Å². The first-order chi connectivity index (χ1) is 9.63. The second-order valence-corrected chi connectivity index (χ2v) is 8.01. The normalized spacial score (nSPS) is 13.1. The highest BCUT2D eigenvalue weighted by atomic mass is 32.2. The number of rotatable bonds is 7. The maximum atomic E-state index is 12.1. The summed E-state index contributed by atoms with van der Waals surface area (Å²) in [6.45, 7) is 5.97. The zero-order valence-electron chi connectivity index (χ0n) is 12.3. The van der Waals surface area contributed by atoms with Crippen LogP contribution in [0.5, 0.6) is 0 Å². The van der Waals surface area contributed by atoms with Crippen LogP contribution in [0.3, 0.4) is 0 Å². The Balaban J connectivity index is 2.79. The molecule has 1 rings (SSSR count). The van der Waals surface area contributed by atoms with Crippen molar-refractivity contribution in [1.29, 1.82) is 0 Å². The number of carbonyl (C=O) groups excluding carboxylic acids is 2. The van der Waals surface area contributed by atoms with E-state index in [4.69, 9.17) is 5.73 Å². The first-order valence-corrected chi connectivity index (χ1v) is 8.92. The third-order valence-electron chi connectivity index (χ3n) is 2.80. The molecule has 6 nitrogen and oxygen atoms in total. The Hall–Kier alpha value is -1.41. The second-order valence-electron chi connectivity index (χ2n) is 5.45. The molecule has 2 amide bonds. The lowest BCUT2D eigenvalue weighted by Crippen LogP contribution is -2.32. The van der Waals surface area contributed by atoms with Gasteiger partial charge in [-0.15, -0.1) is 11.3 Å². The summed E-state index contributed by atoms with van der Waals surface area (Å²) in [5, 5.41) is 1.44. The largest absolute Gasteiger partial charge is 0.365 e. The molecule has 3 N–H and O–H groups in total. The average Bonchev–Trinajstić information content (AvgIpc) is 2.75. The van der Waals surface area contributed by atoms with Crippen LogP contribution in [0.4, 0.5) is 0 Å². The third-order valence-corrected chi connectivity index (χ3v) is 5.27. The lowest BCUT2D eigenvalue weighted by atomic mass is 9.96. The summed E-state index contributed by atoms with van der Waals surface area (Å²) in [7, 11) is -4.06. The molecule has 0 fully saturated rings. The van der Waals surface area contributed by atoms with Gasteiger partial charge in [0.25, 0.3) is 15.9 Å². The van der Waals surface area contributed by atoms with Gasteiger partial charge >= 0.3 is 0 Å². The molecule has 8 heteroatoms. The summed E-state index contributed by atoms with van der Waals surface area (Å²) >= 11 is 0.929. The molecule has 0 bridgehead atoms. The van der Waals surface area contributed by atoms with Crippen molar-refractivity contribution in [2.45, 2.75) is 38.5 Å². The van der Waals surface area contributed by atoms with Crippen LogP contribution >= 0.6 is 11.3 Å². The Kier molecular flexibility index (Phi) is 5.91. The zero-order chi connectivity index (χ0) is 16.2. The summed E-state index contributed by atoms with van der Waals surface area (Å²) in [6.07, 6.45) is 0.950. The molecule has 0 saturated heterocycles. The molecule has 1 atom stereocenters. The zero-order valence-corrected chi connectivity index (χ0v) is 13.9. The molecule has 21 heavy (non-hydrogen) atoms. The molecule has 0 radical (unpaired) electrons. The number of carbonyl (C=O) groups is 2. The van der Waals surface area contributed by atoms with Gasteiger partial charge in [0.2, 0.25) is 5.91 Å². The number of nitrogens with two attached hydrogens (primary N) is 1. The molecular formula is C13H20N2O4S2.